The number of carbonyl (C=O) groups is 1. The minimum absolute atomic E-state index is 0.0480. The lowest BCUT2D eigenvalue weighted by molar-refractivity contribution is -0.0498. The molecule has 0 radical (unpaired) electrons. The van der Waals surface area contributed by atoms with Crippen LogP contribution in [0.2, 0.25) is 0 Å². The van der Waals surface area contributed by atoms with Crippen LogP contribution < -0.4 is 14.8 Å². The zero-order valence-electron chi connectivity index (χ0n) is 20.2. The lowest BCUT2D eigenvalue weighted by Gasteiger charge is -2.33. The van der Waals surface area contributed by atoms with Crippen molar-refractivity contribution in [3.63, 3.8) is 0 Å². The third-order valence-electron chi connectivity index (χ3n) is 6.69. The number of aromatic nitrogens is 2. The number of rotatable bonds is 6. The number of alkyl halides is 2. The number of nitrogens with zero attached hydrogens (tertiary/aromatic N) is 3. The molecule has 1 atom stereocenters. The Hall–Kier alpha value is -3.23. The maximum Gasteiger partial charge on any atom is 0.323 e. The second kappa shape index (κ2) is 11.0. The Labute approximate surface area is 204 Å². The van der Waals surface area contributed by atoms with E-state index in [1.807, 2.05) is 24.3 Å². The van der Waals surface area contributed by atoms with Crippen molar-refractivity contribution in [3.8, 4) is 11.6 Å². The van der Waals surface area contributed by atoms with E-state index < -0.39 is 5.92 Å². The molecule has 1 unspecified atom stereocenters. The first-order valence-electron chi connectivity index (χ1n) is 12.0. The first kappa shape index (κ1) is 24.9. The lowest BCUT2D eigenvalue weighted by Crippen LogP contribution is -2.42. The molecule has 0 bridgehead atoms. The second-order valence-corrected chi connectivity index (χ2v) is 9.37. The predicted molar refractivity (Wildman–Crippen MR) is 130 cm³/mol. The average molecular weight is 487 g/mol. The normalized spacial score (nSPS) is 21.5. The van der Waals surface area contributed by atoms with Gasteiger partial charge in [0.05, 0.1) is 26.1 Å². The molecule has 1 aliphatic carbocycles. The van der Waals surface area contributed by atoms with E-state index in [4.69, 9.17) is 9.47 Å². The van der Waals surface area contributed by atoms with E-state index in [1.54, 1.807) is 4.90 Å². The first-order chi connectivity index (χ1) is 16.8. The van der Waals surface area contributed by atoms with Crippen LogP contribution in [-0.2, 0) is 0 Å². The Balaban J connectivity index is 1.29. The molecule has 2 aliphatic rings. The molecule has 1 aromatic heterocycles. The summed E-state index contributed by atoms with van der Waals surface area (Å²) in [6, 6.07) is 7.65. The summed E-state index contributed by atoms with van der Waals surface area (Å²) in [5.74, 6) is -0.622. The van der Waals surface area contributed by atoms with Gasteiger partial charge in [0.25, 0.3) is 0 Å². The number of piperidine rings is 1. The summed E-state index contributed by atoms with van der Waals surface area (Å²) in [7, 11) is 1.51. The fourth-order valence-electron chi connectivity index (χ4n) is 4.51. The smallest absolute Gasteiger partial charge is 0.323 e. The molecule has 1 aromatic carbocycles. The maximum absolute atomic E-state index is 13.4. The van der Waals surface area contributed by atoms with E-state index in [0.29, 0.717) is 44.2 Å². The summed E-state index contributed by atoms with van der Waals surface area (Å²) >= 11 is 0. The minimum atomic E-state index is -2.51. The molecular weight excluding hydrogens is 454 g/mol. The highest BCUT2D eigenvalue weighted by Gasteiger charge is 2.35. The molecule has 4 rings (SSSR count). The molecule has 2 fully saturated rings. The van der Waals surface area contributed by atoms with Gasteiger partial charge in [0.15, 0.2) is 5.82 Å². The summed E-state index contributed by atoms with van der Waals surface area (Å²) in [4.78, 5) is 22.6. The van der Waals surface area contributed by atoms with Gasteiger partial charge in [0.1, 0.15) is 5.75 Å². The number of benzene rings is 1. The Morgan fingerprint density at radius 3 is 2.74 bits per heavy atom. The van der Waals surface area contributed by atoms with E-state index in [9.17, 15) is 13.6 Å². The van der Waals surface area contributed by atoms with Gasteiger partial charge in [0, 0.05) is 25.9 Å². The lowest BCUT2D eigenvalue weighted by atomic mass is 9.87. The minimum Gasteiger partial charge on any atom is -0.493 e. The molecule has 0 spiro atoms. The Morgan fingerprint density at radius 1 is 1.26 bits per heavy atom. The van der Waals surface area contributed by atoms with E-state index in [1.165, 1.54) is 25.1 Å². The van der Waals surface area contributed by atoms with Crippen molar-refractivity contribution in [1.29, 1.82) is 0 Å². The number of ether oxygens (including phenoxy) is 2. The van der Waals surface area contributed by atoms with Crippen LogP contribution >= 0.6 is 0 Å². The summed E-state index contributed by atoms with van der Waals surface area (Å²) in [6.07, 6.45) is 6.76. The number of anilines is 1. The number of likely N-dealkylation sites (tertiary alicyclic amines) is 1. The topological polar surface area (TPSA) is 76.6 Å². The summed E-state index contributed by atoms with van der Waals surface area (Å²) in [5, 5.41) is 2.78. The van der Waals surface area contributed by atoms with Crippen LogP contribution in [0, 0.1) is 11.8 Å². The molecular formula is C26H32F2N4O3. The van der Waals surface area contributed by atoms with Crippen molar-refractivity contribution in [2.45, 2.75) is 45.0 Å². The summed E-state index contributed by atoms with van der Waals surface area (Å²) in [5.41, 5.74) is 2.30. The van der Waals surface area contributed by atoms with Crippen LogP contribution in [0.1, 0.15) is 44.6 Å². The van der Waals surface area contributed by atoms with Gasteiger partial charge in [-0.05, 0) is 48.8 Å². The molecule has 1 aliphatic heterocycles. The molecule has 188 valence electrons. The second-order valence-electron chi connectivity index (χ2n) is 9.37. The fourth-order valence-corrected chi connectivity index (χ4v) is 4.51. The number of carbonyl (C=O) groups excluding carboxylic acids is 1. The van der Waals surface area contributed by atoms with Gasteiger partial charge in [-0.2, -0.15) is 0 Å². The highest BCUT2D eigenvalue weighted by atomic mass is 19.3. The Bertz CT molecular complexity index is 1040. The highest BCUT2D eigenvalue weighted by molar-refractivity contribution is 5.88. The van der Waals surface area contributed by atoms with E-state index >= 15 is 0 Å². The number of nitrogens with one attached hydrogen (secondary N) is 1. The van der Waals surface area contributed by atoms with Crippen molar-refractivity contribution < 1.29 is 23.0 Å². The molecule has 1 saturated heterocycles. The van der Waals surface area contributed by atoms with Crippen LogP contribution in [0.15, 0.2) is 42.2 Å². The highest BCUT2D eigenvalue weighted by Crippen LogP contribution is 2.36. The number of methoxy groups -OCH3 is 1. The van der Waals surface area contributed by atoms with Crippen LogP contribution in [0.4, 0.5) is 19.4 Å². The fraction of sp³-hybridized carbons (Fsp3) is 0.500. The van der Waals surface area contributed by atoms with Crippen molar-refractivity contribution in [3.05, 3.63) is 47.8 Å². The first-order valence-corrected chi connectivity index (χ1v) is 12.0. The van der Waals surface area contributed by atoms with Gasteiger partial charge in [0.2, 0.25) is 11.8 Å². The molecule has 7 nitrogen and oxygen atoms in total. The van der Waals surface area contributed by atoms with Gasteiger partial charge in [-0.3, -0.25) is 5.32 Å². The van der Waals surface area contributed by atoms with Crippen molar-refractivity contribution in [1.82, 2.24) is 14.9 Å². The molecule has 1 saturated carbocycles. The zero-order chi connectivity index (χ0) is 24.8. The van der Waals surface area contributed by atoms with E-state index in [-0.39, 0.29) is 30.7 Å². The molecule has 1 N–H and O–H groups in total. The number of hydrogen-bond acceptors (Lipinski definition) is 5. The van der Waals surface area contributed by atoms with Gasteiger partial charge in [-0.15, -0.1) is 0 Å². The average Bonchev–Trinajstić information content (AvgIpc) is 2.85. The van der Waals surface area contributed by atoms with Gasteiger partial charge >= 0.3 is 6.03 Å². The van der Waals surface area contributed by atoms with Gasteiger partial charge in [-0.1, -0.05) is 30.7 Å². The van der Waals surface area contributed by atoms with Gasteiger partial charge < -0.3 is 14.4 Å². The van der Waals surface area contributed by atoms with Crippen molar-refractivity contribution in [2.75, 3.05) is 32.1 Å². The summed E-state index contributed by atoms with van der Waals surface area (Å²) < 4.78 is 37.6. The number of hydrogen-bond donors (Lipinski definition) is 1. The SMILES string of the molecule is COc1cnc(NC(=O)N2CC/C(=C\c3cccc(OCC4CCC(F)(F)CC4)c3)C(C)C2)cn1. The van der Waals surface area contributed by atoms with Crippen LogP contribution in [0.5, 0.6) is 11.6 Å². The van der Waals surface area contributed by atoms with Gasteiger partial charge in [-0.25, -0.2) is 23.5 Å². The number of amides is 2. The van der Waals surface area contributed by atoms with Crippen LogP contribution in [-0.4, -0.2) is 53.6 Å². The third kappa shape index (κ3) is 6.90. The van der Waals surface area contributed by atoms with Crippen molar-refractivity contribution >= 4 is 17.9 Å². The van der Waals surface area contributed by atoms with Crippen molar-refractivity contribution in [2.24, 2.45) is 11.8 Å². The zero-order valence-corrected chi connectivity index (χ0v) is 20.2. The summed E-state index contributed by atoms with van der Waals surface area (Å²) in [6.45, 7) is 3.78. The van der Waals surface area contributed by atoms with E-state index in [0.717, 1.165) is 17.7 Å². The third-order valence-corrected chi connectivity index (χ3v) is 6.69. The largest absolute Gasteiger partial charge is 0.493 e. The standard InChI is InChI=1S/C26H32F2N4O3/c1-18-16-32(25(33)31-23-14-30-24(34-2)15-29-23)11-8-21(18)12-20-4-3-5-22(13-20)35-17-19-6-9-26(27,28)10-7-19/h3-5,12-15,18-19H,6-11,16-17H2,1-2H3,(H,29,31,33)/b21-12+. The predicted octanol–water partition coefficient (Wildman–Crippen LogP) is 5.65. The van der Waals surface area contributed by atoms with Crippen LogP contribution in [0.3, 0.4) is 0 Å². The monoisotopic (exact) mass is 486 g/mol. The van der Waals surface area contributed by atoms with Crippen LogP contribution in [0.25, 0.3) is 6.08 Å². The molecule has 35 heavy (non-hydrogen) atoms. The number of urea groups is 1. The number of halogens is 2. The molecule has 2 aromatic rings. The van der Waals surface area contributed by atoms with E-state index in [2.05, 4.69) is 28.3 Å². The molecule has 2 heterocycles. The Morgan fingerprint density at radius 2 is 2.06 bits per heavy atom. The maximum atomic E-state index is 13.4. The Kier molecular flexibility index (Phi) is 7.83. The molecule has 2 amide bonds. The molecule has 9 heteroatoms. The quantitative estimate of drug-likeness (QED) is 0.571.